The Morgan fingerprint density at radius 3 is 1.88 bits per heavy atom. The van der Waals surface area contributed by atoms with E-state index < -0.39 is 43.2 Å². The number of hydrogen-bond acceptors (Lipinski definition) is 4. The number of alkyl halides is 6. The summed E-state index contributed by atoms with van der Waals surface area (Å²) in [6.45, 7) is 3.59. The molecule has 0 aromatic heterocycles. The second-order valence-electron chi connectivity index (χ2n) is 6.48. The first-order valence-corrected chi connectivity index (χ1v) is 9.43. The summed E-state index contributed by atoms with van der Waals surface area (Å²) >= 11 is 32.9. The molecule has 0 aromatic rings. The first-order valence-electron chi connectivity index (χ1n) is 7.16. The third-order valence-corrected chi connectivity index (χ3v) is 5.66. The average molecular weight is 479 g/mol. The van der Waals surface area contributed by atoms with Crippen molar-refractivity contribution in [1.82, 2.24) is 10.6 Å². The van der Waals surface area contributed by atoms with E-state index in [-0.39, 0.29) is 12.3 Å². The maximum absolute atomic E-state index is 12.2. The fraction of sp³-hybridized carbons (Fsp3) is 0.846. The minimum absolute atomic E-state index is 0.0294. The normalized spacial score (nSPS) is 25.5. The lowest BCUT2D eigenvalue weighted by molar-refractivity contribution is -0.147. The maximum Gasteiger partial charge on any atom is 0.234 e. The Kier molecular flexibility index (Phi) is 7.86. The van der Waals surface area contributed by atoms with Gasteiger partial charge in [-0.1, -0.05) is 83.5 Å². The number of aliphatic hydroxyl groups is 2. The zero-order chi connectivity index (χ0) is 19.8. The highest BCUT2D eigenvalue weighted by atomic mass is 35.6. The molecule has 1 aliphatic carbocycles. The molecular weight excluding hydrogens is 461 g/mol. The zero-order valence-corrected chi connectivity index (χ0v) is 17.7. The summed E-state index contributed by atoms with van der Waals surface area (Å²) in [6.07, 6.45) is -2.89. The molecule has 4 N–H and O–H groups in total. The molecule has 25 heavy (non-hydrogen) atoms. The molecule has 1 fully saturated rings. The molecule has 0 unspecified atom stereocenters. The lowest BCUT2D eigenvalue weighted by Crippen LogP contribution is -2.57. The van der Waals surface area contributed by atoms with Gasteiger partial charge in [0.25, 0.3) is 0 Å². The molecule has 2 amide bonds. The predicted molar refractivity (Wildman–Crippen MR) is 98.9 cm³/mol. The minimum Gasteiger partial charge on any atom is -0.369 e. The van der Waals surface area contributed by atoms with E-state index in [1.807, 2.05) is 0 Å². The Morgan fingerprint density at radius 1 is 1.04 bits per heavy atom. The number of hydrogen-bond donors (Lipinski definition) is 4. The largest absolute Gasteiger partial charge is 0.369 e. The van der Waals surface area contributed by atoms with Crippen LogP contribution in [0.15, 0.2) is 0 Å². The molecule has 1 aliphatic rings. The van der Waals surface area contributed by atoms with Crippen molar-refractivity contribution >= 4 is 81.4 Å². The van der Waals surface area contributed by atoms with Crippen molar-refractivity contribution in [2.24, 2.45) is 17.3 Å². The van der Waals surface area contributed by atoms with Gasteiger partial charge in [-0.3, -0.25) is 9.59 Å². The van der Waals surface area contributed by atoms with Gasteiger partial charge in [-0.05, 0) is 17.8 Å². The molecule has 4 atom stereocenters. The van der Waals surface area contributed by atoms with Gasteiger partial charge < -0.3 is 20.8 Å². The number of nitrogens with one attached hydrogen (secondary N) is 2. The SMILES string of the molecule is CC1(C)[C@H](CC(=O)N[C@H](O)C(Cl)(Cl)Cl)C[C@H]1C(=O)N[C@H](O)C(Cl)(Cl)Cl. The smallest absolute Gasteiger partial charge is 0.234 e. The van der Waals surface area contributed by atoms with Crippen LogP contribution in [0.25, 0.3) is 0 Å². The number of halogens is 6. The van der Waals surface area contributed by atoms with E-state index in [9.17, 15) is 19.8 Å². The van der Waals surface area contributed by atoms with E-state index in [0.29, 0.717) is 6.42 Å². The first kappa shape index (κ1) is 23.6. The number of amides is 2. The van der Waals surface area contributed by atoms with Crippen LogP contribution >= 0.6 is 69.6 Å². The highest BCUT2D eigenvalue weighted by Gasteiger charge is 2.53. The Balaban J connectivity index is 2.58. The van der Waals surface area contributed by atoms with Gasteiger partial charge in [-0.15, -0.1) is 0 Å². The first-order chi connectivity index (χ1) is 11.1. The van der Waals surface area contributed by atoms with Gasteiger partial charge in [0.2, 0.25) is 19.4 Å². The Labute approximate surface area is 175 Å². The van der Waals surface area contributed by atoms with Crippen LogP contribution in [0.4, 0.5) is 0 Å². The summed E-state index contributed by atoms with van der Waals surface area (Å²) in [5, 5.41) is 23.6. The Hall–Kier alpha value is 0.600. The van der Waals surface area contributed by atoms with Crippen molar-refractivity contribution in [3.63, 3.8) is 0 Å². The number of carbonyl (C=O) groups excluding carboxylic acids is 2. The van der Waals surface area contributed by atoms with Gasteiger partial charge in [0.1, 0.15) is 0 Å². The van der Waals surface area contributed by atoms with Crippen molar-refractivity contribution in [3.8, 4) is 0 Å². The van der Waals surface area contributed by atoms with Crippen LogP contribution < -0.4 is 10.6 Å². The van der Waals surface area contributed by atoms with Crippen LogP contribution in [-0.4, -0.2) is 42.1 Å². The molecule has 1 rings (SSSR count). The second kappa shape index (κ2) is 8.31. The van der Waals surface area contributed by atoms with E-state index in [2.05, 4.69) is 10.6 Å². The van der Waals surface area contributed by atoms with Crippen molar-refractivity contribution in [2.75, 3.05) is 0 Å². The highest BCUT2D eigenvalue weighted by Crippen LogP contribution is 2.53. The fourth-order valence-corrected chi connectivity index (χ4v) is 2.97. The lowest BCUT2D eigenvalue weighted by Gasteiger charge is -2.51. The standard InChI is InChI=1S/C13H18Cl6N2O4/c1-11(2)5(4-7(22)20-9(24)12(14,15)16)3-6(11)8(23)21-10(25)13(17,18)19/h5-6,9-10,24-25H,3-4H2,1-2H3,(H,20,22)(H,21,23)/t5-,6-,9+,10+/m0/s1. The summed E-state index contributed by atoms with van der Waals surface area (Å²) in [4.78, 5) is 24.1. The highest BCUT2D eigenvalue weighted by molar-refractivity contribution is 6.68. The minimum atomic E-state index is -2.05. The maximum atomic E-state index is 12.2. The molecule has 12 heteroatoms. The molecule has 0 heterocycles. The van der Waals surface area contributed by atoms with Crippen LogP contribution in [0, 0.1) is 17.3 Å². The summed E-state index contributed by atoms with van der Waals surface area (Å²) in [6, 6.07) is 0. The average Bonchev–Trinajstić information content (AvgIpc) is 2.40. The van der Waals surface area contributed by atoms with E-state index in [1.165, 1.54) is 0 Å². The van der Waals surface area contributed by atoms with E-state index in [1.54, 1.807) is 13.8 Å². The fourth-order valence-electron chi connectivity index (χ4n) is 2.64. The van der Waals surface area contributed by atoms with E-state index in [4.69, 9.17) is 69.6 Å². The number of carbonyl (C=O) groups is 2. The van der Waals surface area contributed by atoms with Crippen LogP contribution in [0.1, 0.15) is 26.7 Å². The van der Waals surface area contributed by atoms with E-state index >= 15 is 0 Å². The quantitative estimate of drug-likeness (QED) is 0.360. The lowest BCUT2D eigenvalue weighted by atomic mass is 9.53. The molecule has 0 aromatic carbocycles. The van der Waals surface area contributed by atoms with Gasteiger partial charge in [-0.25, -0.2) is 0 Å². The summed E-state index contributed by atoms with van der Waals surface area (Å²) in [5.41, 5.74) is -0.556. The van der Waals surface area contributed by atoms with Crippen LogP contribution in [0.3, 0.4) is 0 Å². The second-order valence-corrected chi connectivity index (χ2v) is 11.2. The summed E-state index contributed by atoms with van der Waals surface area (Å²) < 4.78 is -4.09. The summed E-state index contributed by atoms with van der Waals surface area (Å²) in [7, 11) is 0. The molecule has 146 valence electrons. The molecule has 6 nitrogen and oxygen atoms in total. The van der Waals surface area contributed by atoms with Crippen molar-refractivity contribution in [2.45, 2.75) is 46.7 Å². The molecule has 0 bridgehead atoms. The van der Waals surface area contributed by atoms with Crippen LogP contribution in [0.5, 0.6) is 0 Å². The molecular formula is C13H18Cl6N2O4. The monoisotopic (exact) mass is 476 g/mol. The number of rotatable bonds is 5. The summed E-state index contributed by atoms with van der Waals surface area (Å²) in [5.74, 6) is -1.64. The van der Waals surface area contributed by atoms with Gasteiger partial charge in [0.05, 0.1) is 0 Å². The Bertz CT molecular complexity index is 520. The molecule has 1 saturated carbocycles. The van der Waals surface area contributed by atoms with Gasteiger partial charge in [-0.2, -0.15) is 0 Å². The Morgan fingerprint density at radius 2 is 1.48 bits per heavy atom. The van der Waals surface area contributed by atoms with Crippen LogP contribution in [-0.2, 0) is 9.59 Å². The third-order valence-electron chi connectivity index (χ3n) is 4.42. The third kappa shape index (κ3) is 6.32. The van der Waals surface area contributed by atoms with Gasteiger partial charge in [0.15, 0.2) is 12.5 Å². The number of aliphatic hydroxyl groups excluding tert-OH is 2. The molecule has 0 saturated heterocycles. The molecule has 0 aliphatic heterocycles. The predicted octanol–water partition coefficient (Wildman–Crippen LogP) is 2.65. The van der Waals surface area contributed by atoms with Gasteiger partial charge in [0, 0.05) is 12.3 Å². The van der Waals surface area contributed by atoms with Crippen molar-refractivity contribution in [3.05, 3.63) is 0 Å². The van der Waals surface area contributed by atoms with E-state index in [0.717, 1.165) is 0 Å². The molecule has 0 spiro atoms. The van der Waals surface area contributed by atoms with Gasteiger partial charge >= 0.3 is 0 Å². The van der Waals surface area contributed by atoms with Crippen molar-refractivity contribution < 1.29 is 19.8 Å². The van der Waals surface area contributed by atoms with Crippen molar-refractivity contribution in [1.29, 1.82) is 0 Å². The zero-order valence-electron chi connectivity index (χ0n) is 13.2. The topological polar surface area (TPSA) is 98.7 Å². The molecule has 0 radical (unpaired) electrons. The van der Waals surface area contributed by atoms with Crippen LogP contribution in [0.2, 0.25) is 0 Å².